The smallest absolute Gasteiger partial charge is 0.337 e. The van der Waals surface area contributed by atoms with Gasteiger partial charge in [0.1, 0.15) is 0 Å². The molecule has 0 saturated carbocycles. The zero-order valence-corrected chi connectivity index (χ0v) is 12.0. The first-order chi connectivity index (χ1) is 7.76. The second kappa shape index (κ2) is 7.43. The van der Waals surface area contributed by atoms with Crippen molar-refractivity contribution in [3.8, 4) is 0 Å². The Morgan fingerprint density at radius 2 is 1.75 bits per heavy atom. The predicted molar refractivity (Wildman–Crippen MR) is 67.8 cm³/mol. The molecule has 0 amide bonds. The number of hydrogen-bond donors (Lipinski definition) is 0. The van der Waals surface area contributed by atoms with Gasteiger partial charge in [0.15, 0.2) is 0 Å². The molecule has 1 saturated heterocycles. The standard InChI is InChI=1S/C12H26O3Si/c1-4-14-16(6-3,15-5-2)9-7-8-12-10-13-11-12/h12H,4-11H2,1-3H3. The van der Waals surface area contributed by atoms with Crippen molar-refractivity contribution in [2.75, 3.05) is 26.4 Å². The monoisotopic (exact) mass is 246 g/mol. The number of rotatable bonds is 9. The molecule has 0 spiro atoms. The van der Waals surface area contributed by atoms with Crippen molar-refractivity contribution in [1.29, 1.82) is 0 Å². The Morgan fingerprint density at radius 1 is 1.12 bits per heavy atom. The molecule has 0 atom stereocenters. The molecule has 0 N–H and O–H groups in total. The summed E-state index contributed by atoms with van der Waals surface area (Å²) in [5.41, 5.74) is 0. The first kappa shape index (κ1) is 14.2. The third kappa shape index (κ3) is 4.16. The van der Waals surface area contributed by atoms with E-state index < -0.39 is 8.56 Å². The predicted octanol–water partition coefficient (Wildman–Crippen LogP) is 2.95. The summed E-state index contributed by atoms with van der Waals surface area (Å²) in [5, 5.41) is 0. The van der Waals surface area contributed by atoms with E-state index in [9.17, 15) is 0 Å². The van der Waals surface area contributed by atoms with Crippen LogP contribution in [0.1, 0.15) is 33.6 Å². The molecule has 0 aromatic heterocycles. The van der Waals surface area contributed by atoms with Gasteiger partial charge in [-0.1, -0.05) is 13.3 Å². The SMILES string of the molecule is CCO[Si](CC)(CCCC1COC1)OCC. The zero-order chi connectivity index (χ0) is 11.9. The van der Waals surface area contributed by atoms with E-state index in [-0.39, 0.29) is 0 Å². The summed E-state index contributed by atoms with van der Waals surface area (Å²) >= 11 is 0. The molecule has 16 heavy (non-hydrogen) atoms. The Bertz CT molecular complexity index is 177. The summed E-state index contributed by atoms with van der Waals surface area (Å²) < 4.78 is 17.1. The molecule has 96 valence electrons. The molecule has 1 aliphatic rings. The lowest BCUT2D eigenvalue weighted by molar-refractivity contribution is -0.0359. The molecule has 1 heterocycles. The quantitative estimate of drug-likeness (QED) is 0.585. The average molecular weight is 246 g/mol. The second-order valence-electron chi connectivity index (χ2n) is 4.43. The van der Waals surface area contributed by atoms with E-state index in [1.165, 1.54) is 12.8 Å². The molecule has 0 bridgehead atoms. The zero-order valence-electron chi connectivity index (χ0n) is 11.0. The lowest BCUT2D eigenvalue weighted by Crippen LogP contribution is -2.41. The Morgan fingerprint density at radius 3 is 2.12 bits per heavy atom. The highest BCUT2D eigenvalue weighted by molar-refractivity contribution is 6.67. The first-order valence-corrected chi connectivity index (χ1v) is 8.85. The van der Waals surface area contributed by atoms with Gasteiger partial charge in [-0.15, -0.1) is 0 Å². The van der Waals surface area contributed by atoms with Crippen molar-refractivity contribution in [2.45, 2.75) is 45.7 Å². The molecule has 0 unspecified atom stereocenters. The van der Waals surface area contributed by atoms with Crippen LogP contribution < -0.4 is 0 Å². The molecular formula is C12H26O3Si. The molecule has 3 nitrogen and oxygen atoms in total. The Hall–Kier alpha value is 0.0969. The van der Waals surface area contributed by atoms with E-state index in [1.807, 2.05) is 0 Å². The van der Waals surface area contributed by atoms with E-state index in [0.29, 0.717) is 0 Å². The summed E-state index contributed by atoms with van der Waals surface area (Å²) in [6, 6.07) is 2.21. The van der Waals surface area contributed by atoms with Gasteiger partial charge in [-0.3, -0.25) is 0 Å². The fraction of sp³-hybridized carbons (Fsp3) is 1.00. The Kier molecular flexibility index (Phi) is 6.57. The van der Waals surface area contributed by atoms with Gasteiger partial charge in [-0.05, 0) is 32.4 Å². The third-order valence-electron chi connectivity index (χ3n) is 3.23. The lowest BCUT2D eigenvalue weighted by atomic mass is 10.0. The summed E-state index contributed by atoms with van der Waals surface area (Å²) in [6.45, 7) is 9.82. The maximum absolute atomic E-state index is 5.94. The minimum Gasteiger partial charge on any atom is -0.394 e. The van der Waals surface area contributed by atoms with Crippen LogP contribution >= 0.6 is 0 Å². The van der Waals surface area contributed by atoms with Gasteiger partial charge in [0.05, 0.1) is 13.2 Å². The molecule has 0 aromatic carbocycles. The van der Waals surface area contributed by atoms with Crippen molar-refractivity contribution in [3.63, 3.8) is 0 Å². The molecular weight excluding hydrogens is 220 g/mol. The van der Waals surface area contributed by atoms with Gasteiger partial charge >= 0.3 is 8.56 Å². The largest absolute Gasteiger partial charge is 0.394 e. The molecule has 1 aliphatic heterocycles. The third-order valence-corrected chi connectivity index (χ3v) is 7.05. The van der Waals surface area contributed by atoms with E-state index in [2.05, 4.69) is 20.8 Å². The molecule has 0 radical (unpaired) electrons. The van der Waals surface area contributed by atoms with Crippen LogP contribution in [0.4, 0.5) is 0 Å². The van der Waals surface area contributed by atoms with Crippen molar-refractivity contribution in [2.24, 2.45) is 5.92 Å². The summed E-state index contributed by atoms with van der Waals surface area (Å²) in [6.07, 6.45) is 2.50. The topological polar surface area (TPSA) is 27.7 Å². The fourth-order valence-corrected chi connectivity index (χ4v) is 5.13. The van der Waals surface area contributed by atoms with Crippen LogP contribution in [0.15, 0.2) is 0 Å². The van der Waals surface area contributed by atoms with Gasteiger partial charge in [-0.2, -0.15) is 0 Å². The lowest BCUT2D eigenvalue weighted by Gasteiger charge is -2.31. The Labute approximate surface area is 101 Å². The van der Waals surface area contributed by atoms with Crippen LogP contribution in [0, 0.1) is 5.92 Å². The summed E-state index contributed by atoms with van der Waals surface area (Å²) in [7, 11) is -1.87. The Balaban J connectivity index is 2.28. The van der Waals surface area contributed by atoms with Crippen LogP contribution in [-0.2, 0) is 13.6 Å². The first-order valence-electron chi connectivity index (χ1n) is 6.62. The molecule has 1 fully saturated rings. The molecule has 0 aliphatic carbocycles. The molecule has 0 aromatic rings. The van der Waals surface area contributed by atoms with Crippen molar-refractivity contribution in [3.05, 3.63) is 0 Å². The highest BCUT2D eigenvalue weighted by atomic mass is 28.4. The van der Waals surface area contributed by atoms with Gasteiger partial charge in [-0.25, -0.2) is 0 Å². The number of ether oxygens (including phenoxy) is 1. The average Bonchev–Trinajstić information content (AvgIpc) is 2.22. The van der Waals surface area contributed by atoms with Gasteiger partial charge in [0, 0.05) is 19.1 Å². The van der Waals surface area contributed by atoms with Crippen molar-refractivity contribution >= 4 is 8.56 Å². The van der Waals surface area contributed by atoms with Crippen LogP contribution in [0.5, 0.6) is 0 Å². The normalized spacial score (nSPS) is 17.4. The number of hydrogen-bond acceptors (Lipinski definition) is 3. The van der Waals surface area contributed by atoms with Gasteiger partial charge in [0.2, 0.25) is 0 Å². The van der Waals surface area contributed by atoms with E-state index in [1.54, 1.807) is 0 Å². The highest BCUT2D eigenvalue weighted by Gasteiger charge is 2.34. The van der Waals surface area contributed by atoms with Crippen molar-refractivity contribution in [1.82, 2.24) is 0 Å². The van der Waals surface area contributed by atoms with Crippen LogP contribution in [0.3, 0.4) is 0 Å². The van der Waals surface area contributed by atoms with Gasteiger partial charge in [0.25, 0.3) is 0 Å². The van der Waals surface area contributed by atoms with E-state index in [0.717, 1.165) is 44.4 Å². The van der Waals surface area contributed by atoms with Crippen LogP contribution in [0.25, 0.3) is 0 Å². The van der Waals surface area contributed by atoms with Crippen LogP contribution in [0.2, 0.25) is 12.1 Å². The maximum Gasteiger partial charge on any atom is 0.337 e. The highest BCUT2D eigenvalue weighted by Crippen LogP contribution is 2.25. The minimum atomic E-state index is -1.87. The fourth-order valence-electron chi connectivity index (χ4n) is 2.20. The molecule has 1 rings (SSSR count). The summed E-state index contributed by atoms with van der Waals surface area (Å²) in [5.74, 6) is 0.798. The minimum absolute atomic E-state index is 0.784. The van der Waals surface area contributed by atoms with Crippen LogP contribution in [-0.4, -0.2) is 35.0 Å². The second-order valence-corrected chi connectivity index (χ2v) is 8.03. The van der Waals surface area contributed by atoms with Gasteiger partial charge < -0.3 is 13.6 Å². The molecule has 4 heteroatoms. The summed E-state index contributed by atoms with van der Waals surface area (Å²) in [4.78, 5) is 0. The van der Waals surface area contributed by atoms with Crippen molar-refractivity contribution < 1.29 is 13.6 Å². The van der Waals surface area contributed by atoms with E-state index in [4.69, 9.17) is 13.6 Å². The maximum atomic E-state index is 5.94. The van der Waals surface area contributed by atoms with E-state index >= 15 is 0 Å².